The third-order valence-electron chi connectivity index (χ3n) is 4.33. The summed E-state index contributed by atoms with van der Waals surface area (Å²) in [4.78, 5) is 39.8. The largest absolute Gasteiger partial charge is 0.471 e. The van der Waals surface area contributed by atoms with Gasteiger partial charge in [-0.3, -0.25) is 14.9 Å². The second kappa shape index (κ2) is 9.04. The standard InChI is InChI=1S/C20H17BrN4O6/c1-11(20(27)30-3)31-18-13(5-4-6-17(18)25(28)29)10-22-24-12(2)23-16-8-7-14(21)9-15(16)19(24)26/h4-11H,1-3H3/t11-/m0/s1. The topological polar surface area (TPSA) is 126 Å². The Morgan fingerprint density at radius 3 is 2.77 bits per heavy atom. The summed E-state index contributed by atoms with van der Waals surface area (Å²) in [5.41, 5.74) is -0.0470. The Hall–Kier alpha value is -3.60. The van der Waals surface area contributed by atoms with Crippen LogP contribution in [0.5, 0.6) is 5.75 Å². The number of methoxy groups -OCH3 is 1. The van der Waals surface area contributed by atoms with Gasteiger partial charge < -0.3 is 9.47 Å². The van der Waals surface area contributed by atoms with Gasteiger partial charge in [-0.1, -0.05) is 22.0 Å². The summed E-state index contributed by atoms with van der Waals surface area (Å²) in [7, 11) is 1.18. The number of nitrogens with zero attached hydrogens (tertiary/aromatic N) is 4. The minimum Gasteiger partial charge on any atom is -0.471 e. The fourth-order valence-corrected chi connectivity index (χ4v) is 3.18. The molecule has 3 rings (SSSR count). The zero-order chi connectivity index (χ0) is 22.7. The highest BCUT2D eigenvalue weighted by Gasteiger charge is 2.24. The van der Waals surface area contributed by atoms with Crippen molar-refractivity contribution in [3.63, 3.8) is 0 Å². The van der Waals surface area contributed by atoms with Crippen LogP contribution in [0.1, 0.15) is 18.3 Å². The molecule has 1 heterocycles. The summed E-state index contributed by atoms with van der Waals surface area (Å²) in [6, 6.07) is 9.32. The van der Waals surface area contributed by atoms with E-state index in [-0.39, 0.29) is 17.0 Å². The van der Waals surface area contributed by atoms with Crippen molar-refractivity contribution in [2.75, 3.05) is 7.11 Å². The van der Waals surface area contributed by atoms with Crippen LogP contribution in [0.15, 0.2) is 50.8 Å². The molecule has 0 unspecified atom stereocenters. The zero-order valence-electron chi connectivity index (χ0n) is 16.7. The van der Waals surface area contributed by atoms with Crippen molar-refractivity contribution in [1.82, 2.24) is 9.66 Å². The summed E-state index contributed by atoms with van der Waals surface area (Å²) in [5.74, 6) is -0.541. The smallest absolute Gasteiger partial charge is 0.346 e. The number of esters is 1. The maximum atomic E-state index is 12.9. The van der Waals surface area contributed by atoms with E-state index in [2.05, 4.69) is 30.8 Å². The van der Waals surface area contributed by atoms with Crippen LogP contribution in [0, 0.1) is 17.0 Å². The van der Waals surface area contributed by atoms with Crippen LogP contribution in [0.3, 0.4) is 0 Å². The molecular weight excluding hydrogens is 472 g/mol. The normalized spacial score (nSPS) is 12.1. The molecule has 0 bridgehead atoms. The lowest BCUT2D eigenvalue weighted by Crippen LogP contribution is -2.26. The van der Waals surface area contributed by atoms with Gasteiger partial charge in [0.1, 0.15) is 5.82 Å². The summed E-state index contributed by atoms with van der Waals surface area (Å²) in [6.07, 6.45) is 0.147. The molecule has 10 nitrogen and oxygen atoms in total. The highest BCUT2D eigenvalue weighted by molar-refractivity contribution is 9.10. The average molecular weight is 489 g/mol. The number of rotatable bonds is 6. The molecule has 31 heavy (non-hydrogen) atoms. The van der Waals surface area contributed by atoms with Gasteiger partial charge in [0.2, 0.25) is 5.75 Å². The molecule has 0 aliphatic carbocycles. The molecule has 0 aliphatic rings. The number of fused-ring (bicyclic) bond motifs is 1. The van der Waals surface area contributed by atoms with Gasteiger partial charge in [0.15, 0.2) is 6.10 Å². The Morgan fingerprint density at radius 1 is 1.35 bits per heavy atom. The number of aromatic nitrogens is 2. The van der Waals surface area contributed by atoms with E-state index in [9.17, 15) is 19.7 Å². The van der Waals surface area contributed by atoms with Gasteiger partial charge >= 0.3 is 11.7 Å². The van der Waals surface area contributed by atoms with Gasteiger partial charge in [0, 0.05) is 16.1 Å². The highest BCUT2D eigenvalue weighted by atomic mass is 79.9. The quantitative estimate of drug-likeness (QED) is 0.225. The molecule has 0 saturated heterocycles. The van der Waals surface area contributed by atoms with Crippen molar-refractivity contribution in [2.45, 2.75) is 20.0 Å². The number of nitro groups is 1. The van der Waals surface area contributed by atoms with E-state index in [0.717, 1.165) is 4.68 Å². The third-order valence-corrected chi connectivity index (χ3v) is 4.82. The van der Waals surface area contributed by atoms with Crippen molar-refractivity contribution >= 4 is 44.7 Å². The summed E-state index contributed by atoms with van der Waals surface area (Å²) >= 11 is 3.32. The molecule has 11 heteroatoms. The van der Waals surface area contributed by atoms with Gasteiger partial charge in [-0.2, -0.15) is 9.78 Å². The molecular formula is C20H17BrN4O6. The highest BCUT2D eigenvalue weighted by Crippen LogP contribution is 2.31. The number of aryl methyl sites for hydroxylation is 1. The van der Waals surface area contributed by atoms with E-state index in [1.54, 1.807) is 25.1 Å². The first kappa shape index (κ1) is 22.1. The van der Waals surface area contributed by atoms with Crippen LogP contribution < -0.4 is 10.3 Å². The van der Waals surface area contributed by atoms with Gasteiger partial charge in [-0.15, -0.1) is 0 Å². The van der Waals surface area contributed by atoms with Crippen LogP contribution in [0.25, 0.3) is 10.9 Å². The third kappa shape index (κ3) is 4.61. The Kier molecular flexibility index (Phi) is 6.44. The molecule has 0 spiro atoms. The number of para-hydroxylation sites is 1. The van der Waals surface area contributed by atoms with Gasteiger partial charge in [-0.25, -0.2) is 9.78 Å². The molecule has 0 radical (unpaired) electrons. The van der Waals surface area contributed by atoms with Crippen LogP contribution in [-0.4, -0.2) is 40.0 Å². The number of carbonyl (C=O) groups is 1. The Labute approximate surface area is 184 Å². The van der Waals surface area contributed by atoms with Crippen molar-refractivity contribution in [1.29, 1.82) is 0 Å². The molecule has 3 aromatic rings. The summed E-state index contributed by atoms with van der Waals surface area (Å²) < 4.78 is 11.9. The van der Waals surface area contributed by atoms with Gasteiger partial charge in [0.05, 0.1) is 29.2 Å². The SMILES string of the molecule is COC(=O)[C@H](C)Oc1c(C=Nn2c(C)nc3ccc(Br)cc3c2=O)cccc1[N+](=O)[O-]. The number of hydrogen-bond donors (Lipinski definition) is 0. The van der Waals surface area contributed by atoms with Gasteiger partial charge in [0.25, 0.3) is 5.56 Å². The first-order valence-electron chi connectivity index (χ1n) is 8.98. The average Bonchev–Trinajstić information content (AvgIpc) is 2.74. The summed E-state index contributed by atoms with van der Waals surface area (Å²) in [6.45, 7) is 3.02. The molecule has 1 aromatic heterocycles. The number of ether oxygens (including phenoxy) is 2. The number of benzene rings is 2. The second-order valence-corrected chi connectivity index (χ2v) is 7.33. The lowest BCUT2D eigenvalue weighted by Gasteiger charge is -2.14. The molecule has 0 N–H and O–H groups in total. The van der Waals surface area contributed by atoms with E-state index in [0.29, 0.717) is 21.2 Å². The van der Waals surface area contributed by atoms with Gasteiger partial charge in [-0.05, 0) is 38.1 Å². The molecule has 0 fully saturated rings. The van der Waals surface area contributed by atoms with Crippen LogP contribution >= 0.6 is 15.9 Å². The minimum atomic E-state index is -1.10. The van der Waals surface area contributed by atoms with Crippen molar-refractivity contribution in [2.24, 2.45) is 5.10 Å². The van der Waals surface area contributed by atoms with E-state index in [1.807, 2.05) is 0 Å². The number of halogens is 1. The number of carbonyl (C=O) groups excluding carboxylic acids is 1. The lowest BCUT2D eigenvalue weighted by atomic mass is 10.2. The summed E-state index contributed by atoms with van der Waals surface area (Å²) in [5, 5.41) is 16.0. The van der Waals surface area contributed by atoms with E-state index in [4.69, 9.17) is 4.74 Å². The van der Waals surface area contributed by atoms with Crippen LogP contribution in [0.4, 0.5) is 5.69 Å². The predicted octanol–water partition coefficient (Wildman–Crippen LogP) is 3.20. The first-order chi connectivity index (χ1) is 14.7. The van der Waals surface area contributed by atoms with Crippen molar-refractivity contribution in [3.8, 4) is 5.75 Å². The Morgan fingerprint density at radius 2 is 2.10 bits per heavy atom. The predicted molar refractivity (Wildman–Crippen MR) is 117 cm³/mol. The van der Waals surface area contributed by atoms with E-state index >= 15 is 0 Å². The minimum absolute atomic E-state index is 0.170. The molecule has 0 amide bonds. The molecule has 1 atom stereocenters. The molecule has 0 saturated carbocycles. The number of hydrogen-bond acceptors (Lipinski definition) is 8. The maximum Gasteiger partial charge on any atom is 0.346 e. The molecule has 160 valence electrons. The lowest BCUT2D eigenvalue weighted by molar-refractivity contribution is -0.386. The first-order valence-corrected chi connectivity index (χ1v) is 9.77. The fourth-order valence-electron chi connectivity index (χ4n) is 2.82. The Bertz CT molecular complexity index is 1270. The molecule has 2 aromatic carbocycles. The zero-order valence-corrected chi connectivity index (χ0v) is 18.3. The number of nitro benzene ring substituents is 1. The second-order valence-electron chi connectivity index (χ2n) is 6.42. The molecule has 0 aliphatic heterocycles. The van der Waals surface area contributed by atoms with E-state index in [1.165, 1.54) is 38.4 Å². The van der Waals surface area contributed by atoms with Crippen LogP contribution in [-0.2, 0) is 9.53 Å². The van der Waals surface area contributed by atoms with Crippen molar-refractivity contribution in [3.05, 3.63) is 72.7 Å². The van der Waals surface area contributed by atoms with Crippen molar-refractivity contribution < 1.29 is 19.2 Å². The van der Waals surface area contributed by atoms with Crippen LogP contribution in [0.2, 0.25) is 0 Å². The maximum absolute atomic E-state index is 12.9. The monoisotopic (exact) mass is 488 g/mol. The fraction of sp³-hybridized carbons (Fsp3) is 0.200. The Balaban J connectivity index is 2.10. The van der Waals surface area contributed by atoms with E-state index < -0.39 is 22.6 Å².